The van der Waals surface area contributed by atoms with Gasteiger partial charge in [-0.1, -0.05) is 6.07 Å². The number of carbonyl (C=O) groups is 1. The normalized spacial score (nSPS) is 15.0. The first-order chi connectivity index (χ1) is 12.4. The molecule has 2 aromatic carbocycles. The minimum atomic E-state index is -3.61. The summed E-state index contributed by atoms with van der Waals surface area (Å²) in [5.41, 5.74) is 3.55. The highest BCUT2D eigenvalue weighted by Crippen LogP contribution is 2.22. The summed E-state index contributed by atoms with van der Waals surface area (Å²) in [6.07, 6.45) is 0.877. The number of benzene rings is 2. The first kappa shape index (κ1) is 18.3. The summed E-state index contributed by atoms with van der Waals surface area (Å²) in [5.74, 6) is 0. The van der Waals surface area contributed by atoms with Crippen molar-refractivity contribution in [2.75, 3.05) is 35.8 Å². The monoisotopic (exact) mass is 373 g/mol. The lowest BCUT2D eigenvalue weighted by atomic mass is 10.1. The van der Waals surface area contributed by atoms with Gasteiger partial charge in [0.2, 0.25) is 6.41 Å². The first-order valence-electron chi connectivity index (χ1n) is 8.53. The maximum atomic E-state index is 12.6. The van der Waals surface area contributed by atoms with Crippen LogP contribution in [0.25, 0.3) is 0 Å². The maximum Gasteiger partial charge on any atom is 0.261 e. The molecule has 0 spiro atoms. The second-order valence-corrected chi connectivity index (χ2v) is 8.21. The number of carbonyl (C=O) groups excluding carboxylic acids is 1. The molecule has 0 aliphatic carbocycles. The van der Waals surface area contributed by atoms with Gasteiger partial charge in [0, 0.05) is 37.6 Å². The molecule has 0 unspecified atom stereocenters. The number of aryl methyl sites for hydroxylation is 2. The molecule has 1 amide bonds. The van der Waals surface area contributed by atoms with E-state index < -0.39 is 10.0 Å². The highest BCUT2D eigenvalue weighted by Gasteiger charge is 2.17. The zero-order chi connectivity index (χ0) is 18.7. The molecule has 3 rings (SSSR count). The Morgan fingerprint density at radius 2 is 1.58 bits per heavy atom. The topological polar surface area (TPSA) is 69.7 Å². The number of anilines is 2. The molecule has 0 radical (unpaired) electrons. The Balaban J connectivity index is 1.70. The van der Waals surface area contributed by atoms with Crippen molar-refractivity contribution in [3.63, 3.8) is 0 Å². The van der Waals surface area contributed by atoms with E-state index in [9.17, 15) is 13.2 Å². The van der Waals surface area contributed by atoms with E-state index >= 15 is 0 Å². The third-order valence-electron chi connectivity index (χ3n) is 4.74. The van der Waals surface area contributed by atoms with E-state index in [4.69, 9.17) is 0 Å². The van der Waals surface area contributed by atoms with Crippen LogP contribution in [-0.4, -0.2) is 45.9 Å². The van der Waals surface area contributed by atoms with Gasteiger partial charge in [-0.05, 0) is 61.4 Å². The Hall–Kier alpha value is -2.54. The molecule has 1 aliphatic rings. The second kappa shape index (κ2) is 7.37. The predicted octanol–water partition coefficient (Wildman–Crippen LogP) is 2.38. The van der Waals surface area contributed by atoms with Crippen molar-refractivity contribution < 1.29 is 13.2 Å². The quantitative estimate of drug-likeness (QED) is 0.817. The van der Waals surface area contributed by atoms with Gasteiger partial charge in [-0.25, -0.2) is 8.42 Å². The Morgan fingerprint density at radius 1 is 0.923 bits per heavy atom. The molecule has 0 aromatic heterocycles. The summed E-state index contributed by atoms with van der Waals surface area (Å²) in [6, 6.07) is 12.4. The highest BCUT2D eigenvalue weighted by atomic mass is 32.2. The fourth-order valence-electron chi connectivity index (χ4n) is 2.92. The molecule has 1 aliphatic heterocycles. The van der Waals surface area contributed by atoms with E-state index in [1.54, 1.807) is 29.2 Å². The van der Waals surface area contributed by atoms with Crippen LogP contribution in [0.1, 0.15) is 11.1 Å². The number of sulfonamides is 1. The number of amides is 1. The summed E-state index contributed by atoms with van der Waals surface area (Å²) in [5, 5.41) is 0. The summed E-state index contributed by atoms with van der Waals surface area (Å²) in [6.45, 7) is 6.79. The van der Waals surface area contributed by atoms with Crippen LogP contribution in [0.15, 0.2) is 47.4 Å². The zero-order valence-corrected chi connectivity index (χ0v) is 15.8. The van der Waals surface area contributed by atoms with Gasteiger partial charge in [-0.15, -0.1) is 0 Å². The zero-order valence-electron chi connectivity index (χ0n) is 15.0. The number of rotatable bonds is 5. The van der Waals surface area contributed by atoms with Crippen molar-refractivity contribution in [3.05, 3.63) is 53.6 Å². The molecule has 26 heavy (non-hydrogen) atoms. The van der Waals surface area contributed by atoms with Gasteiger partial charge in [0.05, 0.1) is 4.90 Å². The van der Waals surface area contributed by atoms with E-state index in [2.05, 4.69) is 9.62 Å². The van der Waals surface area contributed by atoms with Gasteiger partial charge in [0.1, 0.15) is 0 Å². The van der Waals surface area contributed by atoms with Crippen molar-refractivity contribution >= 4 is 27.8 Å². The van der Waals surface area contributed by atoms with Crippen molar-refractivity contribution in [2.24, 2.45) is 0 Å². The van der Waals surface area contributed by atoms with Crippen LogP contribution in [0.4, 0.5) is 11.4 Å². The van der Waals surface area contributed by atoms with Crippen LogP contribution < -0.4 is 9.62 Å². The average molecular weight is 373 g/mol. The van der Waals surface area contributed by atoms with E-state index in [1.807, 2.05) is 32.0 Å². The van der Waals surface area contributed by atoms with Crippen LogP contribution in [-0.2, 0) is 14.8 Å². The smallest absolute Gasteiger partial charge is 0.261 e. The predicted molar refractivity (Wildman–Crippen MR) is 103 cm³/mol. The summed E-state index contributed by atoms with van der Waals surface area (Å²) >= 11 is 0. The highest BCUT2D eigenvalue weighted by molar-refractivity contribution is 7.92. The molecule has 7 heteroatoms. The third-order valence-corrected chi connectivity index (χ3v) is 6.12. The van der Waals surface area contributed by atoms with Crippen LogP contribution in [0.5, 0.6) is 0 Å². The number of nitrogens with zero attached hydrogens (tertiary/aromatic N) is 2. The van der Waals surface area contributed by atoms with E-state index in [0.717, 1.165) is 36.3 Å². The maximum absolute atomic E-state index is 12.6. The number of nitrogens with one attached hydrogen (secondary N) is 1. The Morgan fingerprint density at radius 3 is 2.15 bits per heavy atom. The molecule has 0 atom stereocenters. The van der Waals surface area contributed by atoms with Crippen molar-refractivity contribution in [1.82, 2.24) is 4.90 Å². The van der Waals surface area contributed by atoms with E-state index in [1.165, 1.54) is 0 Å². The molecule has 1 heterocycles. The van der Waals surface area contributed by atoms with Gasteiger partial charge in [-0.3, -0.25) is 9.52 Å². The summed E-state index contributed by atoms with van der Waals surface area (Å²) in [4.78, 5) is 15.0. The molecule has 1 saturated heterocycles. The average Bonchev–Trinajstić information content (AvgIpc) is 2.64. The molecule has 1 fully saturated rings. The molecule has 138 valence electrons. The molecule has 2 aromatic rings. The fraction of sp³-hybridized carbons (Fsp3) is 0.316. The summed E-state index contributed by atoms with van der Waals surface area (Å²) in [7, 11) is -3.61. The van der Waals surface area contributed by atoms with Crippen LogP contribution in [0.3, 0.4) is 0 Å². The molecule has 0 saturated carbocycles. The molecule has 6 nitrogen and oxygen atoms in total. The molecule has 1 N–H and O–H groups in total. The van der Waals surface area contributed by atoms with Gasteiger partial charge >= 0.3 is 0 Å². The lowest BCUT2D eigenvalue weighted by molar-refractivity contribution is -0.118. The SMILES string of the molecule is Cc1ccc(S(=O)(=O)Nc2ccc(N3CCN(C=O)CC3)cc2)cc1C. The first-order valence-corrected chi connectivity index (χ1v) is 10.0. The van der Waals surface area contributed by atoms with E-state index in [-0.39, 0.29) is 4.90 Å². The second-order valence-electron chi connectivity index (χ2n) is 6.53. The molecule has 0 bridgehead atoms. The number of hydrogen-bond acceptors (Lipinski definition) is 4. The lowest BCUT2D eigenvalue weighted by Gasteiger charge is -2.34. The fourth-order valence-corrected chi connectivity index (χ4v) is 4.06. The molecular formula is C19H23N3O3S. The van der Waals surface area contributed by atoms with Crippen LogP contribution in [0.2, 0.25) is 0 Å². The number of hydrogen-bond donors (Lipinski definition) is 1. The summed E-state index contributed by atoms with van der Waals surface area (Å²) < 4.78 is 27.7. The van der Waals surface area contributed by atoms with E-state index in [0.29, 0.717) is 18.8 Å². The Bertz CT molecular complexity index is 887. The van der Waals surface area contributed by atoms with Gasteiger partial charge < -0.3 is 9.80 Å². The van der Waals surface area contributed by atoms with Crippen molar-refractivity contribution in [1.29, 1.82) is 0 Å². The molecular weight excluding hydrogens is 350 g/mol. The van der Waals surface area contributed by atoms with Gasteiger partial charge in [0.15, 0.2) is 0 Å². The lowest BCUT2D eigenvalue weighted by Crippen LogP contribution is -2.45. The van der Waals surface area contributed by atoms with Crippen LogP contribution in [0, 0.1) is 13.8 Å². The van der Waals surface area contributed by atoms with Crippen molar-refractivity contribution in [3.8, 4) is 0 Å². The van der Waals surface area contributed by atoms with Gasteiger partial charge in [-0.2, -0.15) is 0 Å². The minimum Gasteiger partial charge on any atom is -0.368 e. The number of piperazine rings is 1. The Labute approximate surface area is 154 Å². The Kier molecular flexibility index (Phi) is 5.18. The largest absolute Gasteiger partial charge is 0.368 e. The van der Waals surface area contributed by atoms with Gasteiger partial charge in [0.25, 0.3) is 10.0 Å². The van der Waals surface area contributed by atoms with Crippen LogP contribution >= 0.6 is 0 Å². The van der Waals surface area contributed by atoms with Crippen molar-refractivity contribution in [2.45, 2.75) is 18.7 Å². The standard InChI is InChI=1S/C19H23N3O3S/c1-15-3-8-19(13-16(15)2)26(24,25)20-17-4-6-18(7-5-17)22-11-9-21(14-23)10-12-22/h3-8,13-14,20H,9-12H2,1-2H3. The third kappa shape index (κ3) is 3.99. The minimum absolute atomic E-state index is 0.259.